The van der Waals surface area contributed by atoms with Crippen molar-refractivity contribution >= 4 is 17.7 Å². The van der Waals surface area contributed by atoms with E-state index in [1.54, 1.807) is 30.3 Å². The van der Waals surface area contributed by atoms with Crippen molar-refractivity contribution < 1.29 is 29.7 Å². The number of carbonyl (C=O) groups excluding carboxylic acids is 3. The maximum Gasteiger partial charge on any atom is 0.220 e. The number of nitrogens with two attached hydrogens (primary N) is 1. The molecular formula is C34H44N4O6. The molecule has 0 fully saturated rings. The van der Waals surface area contributed by atoms with Gasteiger partial charge < -0.3 is 37.0 Å². The second-order valence-corrected chi connectivity index (χ2v) is 11.1. The molecule has 0 aromatic heterocycles. The lowest BCUT2D eigenvalue weighted by atomic mass is 9.84. The number of amides is 3. The smallest absolute Gasteiger partial charge is 0.220 e. The van der Waals surface area contributed by atoms with Crippen LogP contribution in [0.15, 0.2) is 72.8 Å². The molecule has 0 aliphatic heterocycles. The van der Waals surface area contributed by atoms with Gasteiger partial charge in [0.1, 0.15) is 5.75 Å². The number of carbonyl (C=O) groups is 3. The van der Waals surface area contributed by atoms with E-state index in [1.807, 2.05) is 30.3 Å². The molecule has 0 bridgehead atoms. The first-order valence-corrected chi connectivity index (χ1v) is 15.0. The molecule has 1 unspecified atom stereocenters. The van der Waals surface area contributed by atoms with Gasteiger partial charge in [0, 0.05) is 44.4 Å². The summed E-state index contributed by atoms with van der Waals surface area (Å²) in [5.41, 5.74) is 8.72. The topological polar surface area (TPSA) is 174 Å². The fourth-order valence-corrected chi connectivity index (χ4v) is 4.80. The highest BCUT2D eigenvalue weighted by molar-refractivity contribution is 5.77. The Bertz CT molecular complexity index is 1350. The molecule has 8 N–H and O–H groups in total. The van der Waals surface area contributed by atoms with Gasteiger partial charge in [-0.2, -0.15) is 0 Å². The van der Waals surface area contributed by atoms with Gasteiger partial charge in [-0.25, -0.2) is 0 Å². The SMILES string of the molecule is NC(CCC(=O)NCCc1ccccc1)(CCC(=O)NCCc1ccc(O)cc1)CCC(=O)NCCc1ccc(O)c(O)c1. The largest absolute Gasteiger partial charge is 0.508 e. The van der Waals surface area contributed by atoms with Gasteiger partial charge in [-0.3, -0.25) is 14.4 Å². The van der Waals surface area contributed by atoms with E-state index in [-0.39, 0.29) is 54.2 Å². The number of hydrogen-bond donors (Lipinski definition) is 7. The summed E-state index contributed by atoms with van der Waals surface area (Å²) in [5, 5.41) is 37.2. The average molecular weight is 605 g/mol. The quantitative estimate of drug-likeness (QED) is 0.109. The molecule has 3 aromatic carbocycles. The van der Waals surface area contributed by atoms with Gasteiger partial charge in [-0.1, -0.05) is 48.5 Å². The van der Waals surface area contributed by atoms with Gasteiger partial charge in [-0.05, 0) is 79.5 Å². The Morgan fingerprint density at radius 1 is 0.568 bits per heavy atom. The Morgan fingerprint density at radius 2 is 1.00 bits per heavy atom. The zero-order valence-electron chi connectivity index (χ0n) is 25.1. The number of benzene rings is 3. The average Bonchev–Trinajstić information content (AvgIpc) is 3.01. The van der Waals surface area contributed by atoms with Crippen molar-refractivity contribution in [1.29, 1.82) is 0 Å². The minimum absolute atomic E-state index is 0.129. The predicted molar refractivity (Wildman–Crippen MR) is 169 cm³/mol. The van der Waals surface area contributed by atoms with Crippen LogP contribution < -0.4 is 21.7 Å². The molecule has 0 saturated carbocycles. The molecule has 0 radical (unpaired) electrons. The highest BCUT2D eigenvalue weighted by atomic mass is 16.3. The van der Waals surface area contributed by atoms with Gasteiger partial charge in [0.2, 0.25) is 17.7 Å². The summed E-state index contributed by atoms with van der Waals surface area (Å²) in [6.07, 6.45) is 3.22. The van der Waals surface area contributed by atoms with Crippen molar-refractivity contribution in [1.82, 2.24) is 16.0 Å². The molecule has 10 nitrogen and oxygen atoms in total. The first kappa shape index (κ1) is 33.9. The van der Waals surface area contributed by atoms with Gasteiger partial charge in [-0.15, -0.1) is 0 Å². The zero-order chi connectivity index (χ0) is 31.8. The van der Waals surface area contributed by atoms with Crippen molar-refractivity contribution in [3.63, 3.8) is 0 Å². The van der Waals surface area contributed by atoms with E-state index in [0.717, 1.165) is 16.7 Å². The van der Waals surface area contributed by atoms with E-state index in [0.29, 0.717) is 58.2 Å². The first-order chi connectivity index (χ1) is 21.1. The first-order valence-electron chi connectivity index (χ1n) is 15.0. The number of phenols is 3. The normalized spacial score (nSPS) is 12.2. The second-order valence-electron chi connectivity index (χ2n) is 11.1. The summed E-state index contributed by atoms with van der Waals surface area (Å²) in [6, 6.07) is 21.2. The van der Waals surface area contributed by atoms with Gasteiger partial charge in [0.25, 0.3) is 0 Å². The number of hydrogen-bond acceptors (Lipinski definition) is 7. The number of phenolic OH excluding ortho intramolecular Hbond substituents is 3. The molecule has 1 atom stereocenters. The van der Waals surface area contributed by atoms with E-state index < -0.39 is 5.54 Å². The number of nitrogens with one attached hydrogen (secondary N) is 3. The molecule has 236 valence electrons. The summed E-state index contributed by atoms with van der Waals surface area (Å²) >= 11 is 0. The molecular weight excluding hydrogens is 560 g/mol. The third-order valence-electron chi connectivity index (χ3n) is 7.58. The van der Waals surface area contributed by atoms with Crippen LogP contribution in [0.1, 0.15) is 55.2 Å². The molecule has 10 heteroatoms. The third kappa shape index (κ3) is 12.7. The highest BCUT2D eigenvalue weighted by Crippen LogP contribution is 2.25. The lowest BCUT2D eigenvalue weighted by Gasteiger charge is -2.29. The summed E-state index contributed by atoms with van der Waals surface area (Å²) in [6.45, 7) is 1.28. The summed E-state index contributed by atoms with van der Waals surface area (Å²) in [5.74, 6) is -0.715. The van der Waals surface area contributed by atoms with Crippen LogP contribution in [-0.4, -0.2) is 58.2 Å². The van der Waals surface area contributed by atoms with Crippen molar-refractivity contribution in [2.45, 2.75) is 63.3 Å². The van der Waals surface area contributed by atoms with E-state index in [9.17, 15) is 29.7 Å². The van der Waals surface area contributed by atoms with E-state index >= 15 is 0 Å². The molecule has 3 rings (SSSR count). The van der Waals surface area contributed by atoms with Gasteiger partial charge >= 0.3 is 0 Å². The highest BCUT2D eigenvalue weighted by Gasteiger charge is 2.27. The fourth-order valence-electron chi connectivity index (χ4n) is 4.80. The van der Waals surface area contributed by atoms with Crippen LogP contribution in [-0.2, 0) is 33.6 Å². The zero-order valence-corrected chi connectivity index (χ0v) is 25.1. The van der Waals surface area contributed by atoms with Crippen molar-refractivity contribution in [3.05, 3.63) is 89.5 Å². The molecule has 0 spiro atoms. The van der Waals surface area contributed by atoms with Crippen LogP contribution in [0, 0.1) is 0 Å². The van der Waals surface area contributed by atoms with E-state index in [1.165, 1.54) is 12.1 Å². The number of rotatable bonds is 18. The number of aromatic hydroxyl groups is 3. The molecule has 0 heterocycles. The Labute approximate surface area is 258 Å². The maximum absolute atomic E-state index is 12.6. The van der Waals surface area contributed by atoms with E-state index in [2.05, 4.69) is 16.0 Å². The van der Waals surface area contributed by atoms with Crippen LogP contribution in [0.4, 0.5) is 0 Å². The molecule has 44 heavy (non-hydrogen) atoms. The van der Waals surface area contributed by atoms with Crippen LogP contribution >= 0.6 is 0 Å². The third-order valence-corrected chi connectivity index (χ3v) is 7.58. The minimum Gasteiger partial charge on any atom is -0.508 e. The second kappa shape index (κ2) is 17.5. The molecule has 0 aliphatic carbocycles. The molecule has 0 saturated heterocycles. The maximum atomic E-state index is 12.6. The monoisotopic (exact) mass is 604 g/mol. The predicted octanol–water partition coefficient (Wildman–Crippen LogP) is 3.22. The van der Waals surface area contributed by atoms with Crippen LogP contribution in [0.2, 0.25) is 0 Å². The molecule has 0 aliphatic rings. The Balaban J connectivity index is 1.46. The lowest BCUT2D eigenvalue weighted by molar-refractivity contribution is -0.121. The van der Waals surface area contributed by atoms with Crippen LogP contribution in [0.3, 0.4) is 0 Å². The summed E-state index contributed by atoms with van der Waals surface area (Å²) in [4.78, 5) is 37.8. The standard InChI is InChI=1S/C34H44N4O6/c35-34(18-12-31(42)36-21-15-25-4-2-1-3-5-25,19-13-32(43)37-22-16-26-6-9-28(39)10-7-26)20-14-33(44)38-23-17-27-8-11-29(40)30(41)24-27/h1-11,24,39-41H,12-23,35H2,(H,36,42)(H,37,43)(H,38,44). The van der Waals surface area contributed by atoms with Crippen molar-refractivity contribution in [3.8, 4) is 17.2 Å². The van der Waals surface area contributed by atoms with Crippen LogP contribution in [0.5, 0.6) is 17.2 Å². The fraction of sp³-hybridized carbons (Fsp3) is 0.382. The summed E-state index contributed by atoms with van der Waals surface area (Å²) < 4.78 is 0. The van der Waals surface area contributed by atoms with Crippen LogP contribution in [0.25, 0.3) is 0 Å². The van der Waals surface area contributed by atoms with Gasteiger partial charge in [0.05, 0.1) is 0 Å². The molecule has 3 amide bonds. The van der Waals surface area contributed by atoms with Gasteiger partial charge in [0.15, 0.2) is 11.5 Å². The van der Waals surface area contributed by atoms with Crippen molar-refractivity contribution in [2.75, 3.05) is 19.6 Å². The molecule has 3 aromatic rings. The Morgan fingerprint density at radius 3 is 1.48 bits per heavy atom. The minimum atomic E-state index is -0.898. The lowest BCUT2D eigenvalue weighted by Crippen LogP contribution is -2.43. The Hall–Kier alpha value is -4.57. The van der Waals surface area contributed by atoms with Crippen molar-refractivity contribution in [2.24, 2.45) is 5.73 Å². The van der Waals surface area contributed by atoms with E-state index in [4.69, 9.17) is 5.73 Å². The summed E-state index contributed by atoms with van der Waals surface area (Å²) in [7, 11) is 0. The Kier molecular flexibility index (Phi) is 13.5.